The highest BCUT2D eigenvalue weighted by atomic mass is 35.5. The van der Waals surface area contributed by atoms with Crippen molar-refractivity contribution in [3.05, 3.63) is 21.3 Å². The lowest BCUT2D eigenvalue weighted by Crippen LogP contribution is -2.33. The topological polar surface area (TPSA) is 29.3 Å². The number of halogens is 1. The molecule has 0 radical (unpaired) electrons. The van der Waals surface area contributed by atoms with E-state index in [4.69, 9.17) is 17.3 Å². The van der Waals surface area contributed by atoms with Gasteiger partial charge in [0.1, 0.15) is 0 Å². The Hall–Kier alpha value is -0.0900. The van der Waals surface area contributed by atoms with Crippen LogP contribution in [0.1, 0.15) is 30.6 Å². The van der Waals surface area contributed by atoms with E-state index in [0.29, 0.717) is 6.04 Å². The van der Waals surface area contributed by atoms with Crippen LogP contribution in [0.4, 0.5) is 0 Å². The van der Waals surface area contributed by atoms with Crippen LogP contribution in [-0.2, 0) is 6.54 Å². The fourth-order valence-corrected chi connectivity index (χ4v) is 3.87. The van der Waals surface area contributed by atoms with E-state index in [2.05, 4.69) is 18.0 Å². The molecule has 0 spiro atoms. The number of rotatable bonds is 4. The van der Waals surface area contributed by atoms with Crippen molar-refractivity contribution in [2.45, 2.75) is 38.3 Å². The van der Waals surface area contributed by atoms with E-state index in [1.165, 1.54) is 30.6 Å². The first kappa shape index (κ1) is 13.3. The molecule has 1 saturated carbocycles. The Kier molecular flexibility index (Phi) is 4.86. The standard InChI is InChI=1S/C13H21ClN2S/c1-16(9-12-5-6-13(14)17-12)8-10-3-2-4-11(15)7-10/h5-6,10-11H,2-4,7-9,15H2,1H3. The number of hydrogen-bond acceptors (Lipinski definition) is 3. The summed E-state index contributed by atoms with van der Waals surface area (Å²) in [7, 11) is 2.19. The number of hydrogen-bond donors (Lipinski definition) is 1. The lowest BCUT2D eigenvalue weighted by atomic mass is 9.86. The monoisotopic (exact) mass is 272 g/mol. The Morgan fingerprint density at radius 3 is 2.94 bits per heavy atom. The van der Waals surface area contributed by atoms with Gasteiger partial charge in [-0.1, -0.05) is 18.0 Å². The smallest absolute Gasteiger partial charge is 0.0931 e. The van der Waals surface area contributed by atoms with Crippen molar-refractivity contribution in [2.75, 3.05) is 13.6 Å². The molecule has 2 N–H and O–H groups in total. The molecule has 0 amide bonds. The summed E-state index contributed by atoms with van der Waals surface area (Å²) in [4.78, 5) is 3.74. The summed E-state index contributed by atoms with van der Waals surface area (Å²) in [6.45, 7) is 2.16. The van der Waals surface area contributed by atoms with Crippen molar-refractivity contribution >= 4 is 22.9 Å². The maximum Gasteiger partial charge on any atom is 0.0931 e. The highest BCUT2D eigenvalue weighted by Crippen LogP contribution is 2.26. The second kappa shape index (κ2) is 6.19. The first-order chi connectivity index (χ1) is 8.13. The molecule has 0 aliphatic heterocycles. The summed E-state index contributed by atoms with van der Waals surface area (Å²) in [6.07, 6.45) is 5.03. The molecule has 1 aromatic rings. The summed E-state index contributed by atoms with van der Waals surface area (Å²) in [5.74, 6) is 0.777. The molecule has 0 saturated heterocycles. The Labute approximate surface area is 113 Å². The van der Waals surface area contributed by atoms with Gasteiger partial charge in [0.25, 0.3) is 0 Å². The number of nitrogens with two attached hydrogens (primary N) is 1. The average Bonchev–Trinajstić information content (AvgIpc) is 2.63. The predicted octanol–water partition coefficient (Wildman–Crippen LogP) is 3.35. The van der Waals surface area contributed by atoms with Gasteiger partial charge in [0.2, 0.25) is 0 Å². The third-order valence-electron chi connectivity index (χ3n) is 3.45. The summed E-state index contributed by atoms with van der Waals surface area (Å²) in [5.41, 5.74) is 6.02. The molecule has 1 fully saturated rings. The zero-order chi connectivity index (χ0) is 12.3. The summed E-state index contributed by atoms with van der Waals surface area (Å²) < 4.78 is 0.882. The SMILES string of the molecule is CN(Cc1ccc(Cl)s1)CC1CCCC(N)C1. The predicted molar refractivity (Wildman–Crippen MR) is 75.6 cm³/mol. The van der Waals surface area contributed by atoms with Gasteiger partial charge >= 0.3 is 0 Å². The Morgan fingerprint density at radius 1 is 1.47 bits per heavy atom. The van der Waals surface area contributed by atoms with E-state index >= 15 is 0 Å². The van der Waals surface area contributed by atoms with Gasteiger partial charge in [0.15, 0.2) is 0 Å². The first-order valence-electron chi connectivity index (χ1n) is 6.32. The molecule has 1 aliphatic carbocycles. The normalized spacial score (nSPS) is 25.4. The van der Waals surface area contributed by atoms with E-state index < -0.39 is 0 Å². The molecular weight excluding hydrogens is 252 g/mol. The Balaban J connectivity index is 1.78. The van der Waals surface area contributed by atoms with Crippen LogP contribution in [0.25, 0.3) is 0 Å². The van der Waals surface area contributed by atoms with Crippen molar-refractivity contribution in [1.82, 2.24) is 4.90 Å². The molecule has 96 valence electrons. The summed E-state index contributed by atoms with van der Waals surface area (Å²) in [5, 5.41) is 0. The third kappa shape index (κ3) is 4.25. The highest BCUT2D eigenvalue weighted by molar-refractivity contribution is 7.16. The molecule has 1 heterocycles. The molecule has 2 rings (SSSR count). The van der Waals surface area contributed by atoms with Gasteiger partial charge in [0.05, 0.1) is 4.34 Å². The lowest BCUT2D eigenvalue weighted by Gasteiger charge is -2.30. The lowest BCUT2D eigenvalue weighted by molar-refractivity contribution is 0.217. The first-order valence-corrected chi connectivity index (χ1v) is 7.51. The van der Waals surface area contributed by atoms with Gasteiger partial charge in [-0.15, -0.1) is 11.3 Å². The zero-order valence-corrected chi connectivity index (χ0v) is 11.9. The van der Waals surface area contributed by atoms with Crippen LogP contribution in [0.15, 0.2) is 12.1 Å². The van der Waals surface area contributed by atoms with E-state index in [1.54, 1.807) is 11.3 Å². The fourth-order valence-electron chi connectivity index (χ4n) is 2.71. The van der Waals surface area contributed by atoms with Crippen LogP contribution < -0.4 is 5.73 Å². The average molecular weight is 273 g/mol. The van der Waals surface area contributed by atoms with E-state index in [1.807, 2.05) is 6.07 Å². The van der Waals surface area contributed by atoms with Crippen molar-refractivity contribution < 1.29 is 0 Å². The molecule has 2 atom stereocenters. The molecule has 0 aromatic carbocycles. The van der Waals surface area contributed by atoms with Crippen molar-refractivity contribution in [1.29, 1.82) is 0 Å². The quantitative estimate of drug-likeness (QED) is 0.911. The van der Waals surface area contributed by atoms with Crippen molar-refractivity contribution in [3.63, 3.8) is 0 Å². The molecule has 1 aliphatic rings. The zero-order valence-electron chi connectivity index (χ0n) is 10.4. The summed E-state index contributed by atoms with van der Waals surface area (Å²) >= 11 is 7.62. The minimum absolute atomic E-state index is 0.429. The molecular formula is C13H21ClN2S. The fraction of sp³-hybridized carbons (Fsp3) is 0.692. The maximum atomic E-state index is 6.02. The third-order valence-corrected chi connectivity index (χ3v) is 4.66. The van der Waals surface area contributed by atoms with Gasteiger partial charge in [-0.3, -0.25) is 0 Å². The molecule has 17 heavy (non-hydrogen) atoms. The summed E-state index contributed by atoms with van der Waals surface area (Å²) in [6, 6.07) is 4.53. The largest absolute Gasteiger partial charge is 0.328 e. The van der Waals surface area contributed by atoms with Crippen LogP contribution in [0, 0.1) is 5.92 Å². The Morgan fingerprint density at radius 2 is 2.29 bits per heavy atom. The van der Waals surface area contributed by atoms with Gasteiger partial charge in [-0.05, 0) is 44.4 Å². The maximum absolute atomic E-state index is 6.02. The van der Waals surface area contributed by atoms with E-state index in [9.17, 15) is 0 Å². The van der Waals surface area contributed by atoms with Gasteiger partial charge < -0.3 is 10.6 Å². The van der Waals surface area contributed by atoms with Crippen LogP contribution in [0.3, 0.4) is 0 Å². The second-order valence-corrected chi connectivity index (χ2v) is 6.99. The van der Waals surface area contributed by atoms with Gasteiger partial charge in [0, 0.05) is 24.0 Å². The van der Waals surface area contributed by atoms with Crippen molar-refractivity contribution in [3.8, 4) is 0 Å². The van der Waals surface area contributed by atoms with Gasteiger partial charge in [-0.25, -0.2) is 0 Å². The molecule has 2 unspecified atom stereocenters. The van der Waals surface area contributed by atoms with Crippen LogP contribution >= 0.6 is 22.9 Å². The van der Waals surface area contributed by atoms with E-state index in [-0.39, 0.29) is 0 Å². The highest BCUT2D eigenvalue weighted by Gasteiger charge is 2.20. The van der Waals surface area contributed by atoms with Gasteiger partial charge in [-0.2, -0.15) is 0 Å². The number of nitrogens with zero attached hydrogens (tertiary/aromatic N) is 1. The minimum Gasteiger partial charge on any atom is -0.328 e. The number of thiophene rings is 1. The van der Waals surface area contributed by atoms with Crippen LogP contribution in [0.5, 0.6) is 0 Å². The molecule has 0 bridgehead atoms. The Bertz CT molecular complexity index is 353. The van der Waals surface area contributed by atoms with Crippen molar-refractivity contribution in [2.24, 2.45) is 11.7 Å². The minimum atomic E-state index is 0.429. The van der Waals surface area contributed by atoms with Crippen LogP contribution in [0.2, 0.25) is 4.34 Å². The van der Waals surface area contributed by atoms with E-state index in [0.717, 1.165) is 23.3 Å². The van der Waals surface area contributed by atoms with Crippen LogP contribution in [-0.4, -0.2) is 24.5 Å². The second-order valence-electron chi connectivity index (χ2n) is 5.20. The molecule has 2 nitrogen and oxygen atoms in total. The molecule has 1 aromatic heterocycles. The molecule has 4 heteroatoms.